The molecule has 20 heavy (non-hydrogen) atoms. The van der Waals surface area contributed by atoms with E-state index < -0.39 is 0 Å². The molecule has 1 aromatic heterocycles. The Balaban J connectivity index is 1.85. The van der Waals surface area contributed by atoms with Crippen molar-refractivity contribution >= 4 is 5.91 Å². The first-order valence-electron chi connectivity index (χ1n) is 7.46. The zero-order valence-electron chi connectivity index (χ0n) is 12.6. The summed E-state index contributed by atoms with van der Waals surface area (Å²) in [4.78, 5) is 12.1. The summed E-state index contributed by atoms with van der Waals surface area (Å²) in [5.41, 5.74) is 1.18. The van der Waals surface area contributed by atoms with E-state index in [0.29, 0.717) is 6.42 Å². The van der Waals surface area contributed by atoms with Gasteiger partial charge in [-0.05, 0) is 31.2 Å². The fourth-order valence-corrected chi connectivity index (χ4v) is 3.42. The Kier molecular flexibility index (Phi) is 4.81. The third-order valence-corrected chi connectivity index (χ3v) is 4.92. The van der Waals surface area contributed by atoms with Crippen LogP contribution in [-0.2, 0) is 16.0 Å². The maximum Gasteiger partial charge on any atom is 0.220 e. The van der Waals surface area contributed by atoms with Gasteiger partial charge in [0.05, 0.1) is 12.3 Å². The van der Waals surface area contributed by atoms with Crippen LogP contribution in [0.2, 0.25) is 0 Å². The van der Waals surface area contributed by atoms with E-state index in [1.165, 1.54) is 0 Å². The SMILES string of the molecule is CCC1(CC)C(NC(=O)CCc2cn[nH]c2)CC1OC. The minimum absolute atomic E-state index is 0.111. The van der Waals surface area contributed by atoms with E-state index in [1.54, 1.807) is 13.3 Å². The number of hydrogen-bond donors (Lipinski definition) is 2. The molecule has 1 amide bonds. The summed E-state index contributed by atoms with van der Waals surface area (Å²) >= 11 is 0. The zero-order valence-corrected chi connectivity index (χ0v) is 12.6. The van der Waals surface area contributed by atoms with Gasteiger partial charge >= 0.3 is 0 Å². The van der Waals surface area contributed by atoms with Crippen molar-refractivity contribution in [2.75, 3.05) is 7.11 Å². The highest BCUT2D eigenvalue weighted by Gasteiger charge is 2.53. The summed E-state index contributed by atoms with van der Waals surface area (Å²) in [6, 6.07) is 0.249. The number of rotatable bonds is 7. The van der Waals surface area contributed by atoms with E-state index in [-0.39, 0.29) is 23.5 Å². The number of aromatic nitrogens is 2. The summed E-state index contributed by atoms with van der Waals surface area (Å²) in [5.74, 6) is 0.122. The highest BCUT2D eigenvalue weighted by Crippen LogP contribution is 2.48. The monoisotopic (exact) mass is 279 g/mol. The molecule has 2 N–H and O–H groups in total. The van der Waals surface area contributed by atoms with Crippen LogP contribution in [-0.4, -0.2) is 35.4 Å². The van der Waals surface area contributed by atoms with Crippen molar-refractivity contribution in [2.45, 2.75) is 58.1 Å². The zero-order chi connectivity index (χ0) is 14.6. The van der Waals surface area contributed by atoms with Crippen LogP contribution < -0.4 is 5.32 Å². The van der Waals surface area contributed by atoms with Crippen LogP contribution in [0.15, 0.2) is 12.4 Å². The van der Waals surface area contributed by atoms with Gasteiger partial charge in [0.15, 0.2) is 0 Å². The molecule has 5 nitrogen and oxygen atoms in total. The lowest BCUT2D eigenvalue weighted by Crippen LogP contribution is -2.64. The first-order chi connectivity index (χ1) is 9.66. The molecule has 1 saturated carbocycles. The molecule has 2 unspecified atom stereocenters. The van der Waals surface area contributed by atoms with Gasteiger partial charge in [-0.25, -0.2) is 0 Å². The fourth-order valence-electron chi connectivity index (χ4n) is 3.42. The van der Waals surface area contributed by atoms with E-state index in [1.807, 2.05) is 6.20 Å². The molecule has 0 radical (unpaired) electrons. The molecule has 112 valence electrons. The number of amides is 1. The number of carbonyl (C=O) groups excluding carboxylic acids is 1. The predicted molar refractivity (Wildman–Crippen MR) is 77.3 cm³/mol. The molecule has 2 rings (SSSR count). The number of carbonyl (C=O) groups is 1. The van der Waals surface area contributed by atoms with Gasteiger partial charge in [0.2, 0.25) is 5.91 Å². The first-order valence-corrected chi connectivity index (χ1v) is 7.46. The van der Waals surface area contributed by atoms with E-state index in [4.69, 9.17) is 4.74 Å². The minimum Gasteiger partial charge on any atom is -0.381 e. The van der Waals surface area contributed by atoms with Crippen molar-refractivity contribution in [2.24, 2.45) is 5.41 Å². The Bertz CT molecular complexity index is 426. The largest absolute Gasteiger partial charge is 0.381 e. The van der Waals surface area contributed by atoms with Gasteiger partial charge in [-0.3, -0.25) is 9.89 Å². The van der Waals surface area contributed by atoms with E-state index in [2.05, 4.69) is 29.4 Å². The maximum absolute atomic E-state index is 12.1. The van der Waals surface area contributed by atoms with Gasteiger partial charge in [0.1, 0.15) is 0 Å². The van der Waals surface area contributed by atoms with Crippen molar-refractivity contribution in [1.29, 1.82) is 0 Å². The van der Waals surface area contributed by atoms with Crippen molar-refractivity contribution in [3.05, 3.63) is 18.0 Å². The molecule has 2 atom stereocenters. The molecule has 5 heteroatoms. The highest BCUT2D eigenvalue weighted by molar-refractivity contribution is 5.76. The minimum atomic E-state index is 0.111. The lowest BCUT2D eigenvalue weighted by atomic mass is 9.58. The van der Waals surface area contributed by atoms with E-state index in [0.717, 1.165) is 31.2 Å². The summed E-state index contributed by atoms with van der Waals surface area (Å²) in [5, 5.41) is 9.84. The Hall–Kier alpha value is -1.36. The summed E-state index contributed by atoms with van der Waals surface area (Å²) in [6.07, 6.45) is 8.11. The van der Waals surface area contributed by atoms with Crippen molar-refractivity contribution in [1.82, 2.24) is 15.5 Å². The Morgan fingerprint density at radius 2 is 2.30 bits per heavy atom. The average molecular weight is 279 g/mol. The van der Waals surface area contributed by atoms with Crippen LogP contribution in [0.25, 0.3) is 0 Å². The number of H-pyrrole nitrogens is 1. The highest BCUT2D eigenvalue weighted by atomic mass is 16.5. The number of hydrogen-bond acceptors (Lipinski definition) is 3. The van der Waals surface area contributed by atoms with Crippen LogP contribution in [0.4, 0.5) is 0 Å². The number of ether oxygens (including phenoxy) is 1. The number of methoxy groups -OCH3 is 1. The van der Waals surface area contributed by atoms with Crippen molar-refractivity contribution in [3.8, 4) is 0 Å². The molecule has 1 fully saturated rings. The lowest BCUT2D eigenvalue weighted by molar-refractivity contribution is -0.141. The van der Waals surface area contributed by atoms with Gasteiger partial charge in [-0.1, -0.05) is 13.8 Å². The second kappa shape index (κ2) is 6.39. The number of nitrogens with one attached hydrogen (secondary N) is 2. The summed E-state index contributed by atoms with van der Waals surface area (Å²) < 4.78 is 5.55. The van der Waals surface area contributed by atoms with Crippen LogP contribution >= 0.6 is 0 Å². The third kappa shape index (κ3) is 2.73. The van der Waals surface area contributed by atoms with Crippen molar-refractivity contribution in [3.63, 3.8) is 0 Å². The molecule has 0 aliphatic heterocycles. The molecule has 0 spiro atoms. The first kappa shape index (κ1) is 15.0. The molecule has 1 aliphatic carbocycles. The molecule has 1 aliphatic rings. The Morgan fingerprint density at radius 3 is 2.85 bits per heavy atom. The average Bonchev–Trinajstić information content (AvgIpc) is 2.95. The summed E-state index contributed by atoms with van der Waals surface area (Å²) in [6.45, 7) is 4.36. The van der Waals surface area contributed by atoms with Gasteiger partial charge in [-0.15, -0.1) is 0 Å². The lowest BCUT2D eigenvalue weighted by Gasteiger charge is -2.55. The quantitative estimate of drug-likeness (QED) is 0.802. The second-order valence-electron chi connectivity index (χ2n) is 5.63. The smallest absolute Gasteiger partial charge is 0.220 e. The Labute approximate surface area is 120 Å². The van der Waals surface area contributed by atoms with Crippen LogP contribution in [0, 0.1) is 5.41 Å². The summed E-state index contributed by atoms with van der Waals surface area (Å²) in [7, 11) is 1.77. The van der Waals surface area contributed by atoms with Gasteiger partial charge in [-0.2, -0.15) is 5.10 Å². The second-order valence-corrected chi connectivity index (χ2v) is 5.63. The topological polar surface area (TPSA) is 67.0 Å². The molecule has 0 aromatic carbocycles. The van der Waals surface area contributed by atoms with E-state index >= 15 is 0 Å². The number of nitrogens with zero attached hydrogens (tertiary/aromatic N) is 1. The molecule has 1 aromatic rings. The van der Waals surface area contributed by atoms with Crippen LogP contribution in [0.5, 0.6) is 0 Å². The molecule has 0 bridgehead atoms. The number of aryl methyl sites for hydroxylation is 1. The maximum atomic E-state index is 12.1. The van der Waals surface area contributed by atoms with Crippen LogP contribution in [0.1, 0.15) is 45.1 Å². The predicted octanol–water partition coefficient (Wildman–Crippen LogP) is 2.05. The van der Waals surface area contributed by atoms with Gasteiger partial charge in [0.25, 0.3) is 0 Å². The number of aromatic amines is 1. The van der Waals surface area contributed by atoms with Crippen LogP contribution in [0.3, 0.4) is 0 Å². The standard InChI is InChI=1S/C15H25N3O2/c1-4-15(5-2)12(8-13(15)20-3)18-14(19)7-6-11-9-16-17-10-11/h9-10,12-13H,4-8H2,1-3H3,(H,16,17)(H,18,19). The Morgan fingerprint density at radius 1 is 1.55 bits per heavy atom. The van der Waals surface area contributed by atoms with Gasteiger partial charge in [0, 0.05) is 31.2 Å². The molecular formula is C15H25N3O2. The molecule has 0 saturated heterocycles. The van der Waals surface area contributed by atoms with E-state index in [9.17, 15) is 4.79 Å². The van der Waals surface area contributed by atoms with Crippen molar-refractivity contribution < 1.29 is 9.53 Å². The fraction of sp³-hybridized carbons (Fsp3) is 0.733. The molecule has 1 heterocycles. The normalized spacial score (nSPS) is 24.1. The molecular weight excluding hydrogens is 254 g/mol. The van der Waals surface area contributed by atoms with Gasteiger partial charge < -0.3 is 10.1 Å². The third-order valence-electron chi connectivity index (χ3n) is 4.92.